The second-order valence-corrected chi connectivity index (χ2v) is 7.56. The topological polar surface area (TPSA) is 61.4 Å². The molecule has 4 rings (SSSR count). The predicted molar refractivity (Wildman–Crippen MR) is 102 cm³/mol. The molecule has 25 heavy (non-hydrogen) atoms. The Labute approximate surface area is 151 Å². The number of H-pyrrole nitrogens is 1. The molecule has 1 N–H and O–H groups in total. The van der Waals surface area contributed by atoms with Crippen LogP contribution in [0.5, 0.6) is 0 Å². The molecule has 0 spiro atoms. The third-order valence-corrected chi connectivity index (χ3v) is 5.73. The van der Waals surface area contributed by atoms with Gasteiger partial charge in [-0.15, -0.1) is 0 Å². The average Bonchev–Trinajstić information content (AvgIpc) is 3.24. The van der Waals surface area contributed by atoms with E-state index in [-0.39, 0.29) is 5.91 Å². The quantitative estimate of drug-likeness (QED) is 0.836. The normalized spacial score (nSPS) is 20.4. The van der Waals surface area contributed by atoms with Crippen molar-refractivity contribution in [3.8, 4) is 11.3 Å². The van der Waals surface area contributed by atoms with Gasteiger partial charge >= 0.3 is 0 Å². The molecule has 0 saturated carbocycles. The van der Waals surface area contributed by atoms with Gasteiger partial charge in [0, 0.05) is 24.2 Å². The Hall–Kier alpha value is -2.34. The van der Waals surface area contributed by atoms with Gasteiger partial charge in [-0.1, -0.05) is 37.3 Å². The summed E-state index contributed by atoms with van der Waals surface area (Å²) >= 11 is 1.47. The molecular formula is C19H20N4OS. The monoisotopic (exact) mass is 352 g/mol. The molecule has 3 heterocycles. The Morgan fingerprint density at radius 3 is 2.76 bits per heavy atom. The number of amides is 1. The van der Waals surface area contributed by atoms with E-state index in [1.165, 1.54) is 11.8 Å². The number of aliphatic imine (C=N–C) groups is 1. The minimum Gasteiger partial charge on any atom is -0.351 e. The number of nitrogens with zero attached hydrogens (tertiary/aromatic N) is 3. The lowest BCUT2D eigenvalue weighted by atomic mass is 10.00. The van der Waals surface area contributed by atoms with E-state index in [0.717, 1.165) is 53.8 Å². The summed E-state index contributed by atoms with van der Waals surface area (Å²) < 4.78 is 0. The summed E-state index contributed by atoms with van der Waals surface area (Å²) in [6.07, 6.45) is 5.96. The van der Waals surface area contributed by atoms with Crippen LogP contribution < -0.4 is 0 Å². The van der Waals surface area contributed by atoms with Crippen LogP contribution in [0.2, 0.25) is 0 Å². The number of carbonyl (C=O) groups excluding carboxylic acids is 1. The molecule has 2 aliphatic heterocycles. The van der Waals surface area contributed by atoms with Gasteiger partial charge in [0.1, 0.15) is 0 Å². The van der Waals surface area contributed by atoms with Gasteiger partial charge in [0.2, 0.25) is 0 Å². The van der Waals surface area contributed by atoms with Crippen LogP contribution in [0.25, 0.3) is 17.3 Å². The highest BCUT2D eigenvalue weighted by molar-refractivity contribution is 8.18. The lowest BCUT2D eigenvalue weighted by molar-refractivity contribution is -0.113. The van der Waals surface area contributed by atoms with Crippen LogP contribution in [0.4, 0.5) is 0 Å². The van der Waals surface area contributed by atoms with Gasteiger partial charge in [-0.3, -0.25) is 9.89 Å². The summed E-state index contributed by atoms with van der Waals surface area (Å²) in [6.45, 7) is 4.24. The zero-order valence-corrected chi connectivity index (χ0v) is 14.9. The molecule has 1 saturated heterocycles. The van der Waals surface area contributed by atoms with Crippen LogP contribution in [-0.4, -0.2) is 39.3 Å². The van der Waals surface area contributed by atoms with Crippen molar-refractivity contribution in [2.75, 3.05) is 13.1 Å². The van der Waals surface area contributed by atoms with E-state index in [1.807, 2.05) is 36.4 Å². The Balaban J connectivity index is 1.54. The number of likely N-dealkylation sites (tertiary alicyclic amines) is 1. The number of piperidine rings is 1. The molecule has 0 atom stereocenters. The summed E-state index contributed by atoms with van der Waals surface area (Å²) in [5.74, 6) is 0.604. The molecule has 0 radical (unpaired) electrons. The number of nitrogens with one attached hydrogen (secondary N) is 1. The Morgan fingerprint density at radius 1 is 1.24 bits per heavy atom. The maximum atomic E-state index is 12.3. The molecule has 0 bridgehead atoms. The van der Waals surface area contributed by atoms with Crippen LogP contribution in [0.15, 0.2) is 46.4 Å². The second kappa shape index (κ2) is 6.88. The molecule has 6 heteroatoms. The molecule has 0 aliphatic carbocycles. The molecule has 1 aromatic carbocycles. The summed E-state index contributed by atoms with van der Waals surface area (Å²) in [5, 5.41) is 8.01. The number of carbonyl (C=O) groups is 1. The lowest BCUT2D eigenvalue weighted by Crippen LogP contribution is -2.35. The summed E-state index contributed by atoms with van der Waals surface area (Å²) in [6, 6.07) is 10.0. The van der Waals surface area contributed by atoms with Crippen LogP contribution in [0.1, 0.15) is 25.3 Å². The lowest BCUT2D eigenvalue weighted by Gasteiger charge is -2.30. The first kappa shape index (κ1) is 16.1. The third kappa shape index (κ3) is 3.39. The molecule has 1 fully saturated rings. The fraction of sp³-hybridized carbons (Fsp3) is 0.316. The van der Waals surface area contributed by atoms with Crippen LogP contribution in [0, 0.1) is 5.92 Å². The van der Waals surface area contributed by atoms with E-state index in [9.17, 15) is 4.79 Å². The van der Waals surface area contributed by atoms with Crippen molar-refractivity contribution in [3.05, 3.63) is 47.0 Å². The maximum Gasteiger partial charge on any atom is 0.286 e. The Kier molecular flexibility index (Phi) is 4.44. The second-order valence-electron chi connectivity index (χ2n) is 6.55. The minimum absolute atomic E-state index is 0.154. The molecule has 0 unspecified atom stereocenters. The predicted octanol–water partition coefficient (Wildman–Crippen LogP) is 3.78. The minimum atomic E-state index is -0.154. The van der Waals surface area contributed by atoms with E-state index in [1.54, 1.807) is 6.20 Å². The standard InChI is InChI=1S/C19H20N4OS/c1-13-7-9-23(10-8-13)19-21-18(24)16(25-19)11-15-12-20-22-17(15)14-5-3-2-4-6-14/h2-6,11-13H,7-10H2,1H3,(H,20,22). The maximum absolute atomic E-state index is 12.3. The summed E-state index contributed by atoms with van der Waals surface area (Å²) in [5.41, 5.74) is 2.88. The van der Waals surface area contributed by atoms with E-state index in [4.69, 9.17) is 0 Å². The van der Waals surface area contributed by atoms with Crippen molar-refractivity contribution in [3.63, 3.8) is 0 Å². The highest BCUT2D eigenvalue weighted by Gasteiger charge is 2.28. The van der Waals surface area contributed by atoms with Crippen LogP contribution >= 0.6 is 11.8 Å². The Morgan fingerprint density at radius 2 is 2.00 bits per heavy atom. The number of amidine groups is 1. The largest absolute Gasteiger partial charge is 0.351 e. The molecule has 2 aliphatic rings. The van der Waals surface area contributed by atoms with Crippen molar-refractivity contribution in [2.45, 2.75) is 19.8 Å². The first-order chi connectivity index (χ1) is 12.2. The third-order valence-electron chi connectivity index (χ3n) is 4.68. The number of benzene rings is 1. The first-order valence-electron chi connectivity index (χ1n) is 8.57. The van der Waals surface area contributed by atoms with Crippen LogP contribution in [-0.2, 0) is 4.79 Å². The van der Waals surface area contributed by atoms with Crippen molar-refractivity contribution in [1.29, 1.82) is 0 Å². The van der Waals surface area contributed by atoms with Gasteiger partial charge in [0.15, 0.2) is 5.17 Å². The zero-order valence-electron chi connectivity index (χ0n) is 14.1. The first-order valence-corrected chi connectivity index (χ1v) is 9.38. The van der Waals surface area contributed by atoms with E-state index in [0.29, 0.717) is 4.91 Å². The number of thioether (sulfide) groups is 1. The Bertz CT molecular complexity index is 832. The number of rotatable bonds is 2. The molecule has 128 valence electrons. The van der Waals surface area contributed by atoms with Crippen LogP contribution in [0.3, 0.4) is 0 Å². The van der Waals surface area contributed by atoms with E-state index >= 15 is 0 Å². The molecule has 5 nitrogen and oxygen atoms in total. The van der Waals surface area contributed by atoms with Gasteiger partial charge < -0.3 is 4.90 Å². The van der Waals surface area contributed by atoms with Gasteiger partial charge in [0.25, 0.3) is 5.91 Å². The molecule has 1 aromatic heterocycles. The van der Waals surface area contributed by atoms with E-state index in [2.05, 4.69) is 27.0 Å². The summed E-state index contributed by atoms with van der Waals surface area (Å²) in [7, 11) is 0. The smallest absolute Gasteiger partial charge is 0.286 e. The number of hydrogen-bond acceptors (Lipinski definition) is 4. The van der Waals surface area contributed by atoms with Crippen molar-refractivity contribution < 1.29 is 4.79 Å². The highest BCUT2D eigenvalue weighted by Crippen LogP contribution is 2.33. The van der Waals surface area contributed by atoms with Gasteiger partial charge in [-0.05, 0) is 36.6 Å². The average molecular weight is 352 g/mol. The molecule has 2 aromatic rings. The van der Waals surface area contributed by atoms with Gasteiger partial charge in [0.05, 0.1) is 16.8 Å². The van der Waals surface area contributed by atoms with Gasteiger partial charge in [-0.2, -0.15) is 10.1 Å². The molecular weight excluding hydrogens is 332 g/mol. The number of aromatic nitrogens is 2. The zero-order chi connectivity index (χ0) is 17.2. The van der Waals surface area contributed by atoms with Gasteiger partial charge in [-0.25, -0.2) is 0 Å². The fourth-order valence-electron chi connectivity index (χ4n) is 3.12. The van der Waals surface area contributed by atoms with Crippen molar-refractivity contribution in [2.24, 2.45) is 10.9 Å². The molecule has 1 amide bonds. The highest BCUT2D eigenvalue weighted by atomic mass is 32.2. The fourth-order valence-corrected chi connectivity index (χ4v) is 4.07. The van der Waals surface area contributed by atoms with Crippen molar-refractivity contribution in [1.82, 2.24) is 15.1 Å². The number of aromatic amines is 1. The van der Waals surface area contributed by atoms with E-state index < -0.39 is 0 Å². The summed E-state index contributed by atoms with van der Waals surface area (Å²) in [4.78, 5) is 19.5. The van der Waals surface area contributed by atoms with Crippen molar-refractivity contribution >= 4 is 28.9 Å². The SMILES string of the molecule is CC1CCN(C2=NC(=O)C(=Cc3cn[nH]c3-c3ccccc3)S2)CC1. The number of hydrogen-bond donors (Lipinski definition) is 1.